The van der Waals surface area contributed by atoms with Crippen LogP contribution in [0.25, 0.3) is 0 Å². The zero-order valence-electron chi connectivity index (χ0n) is 23.0. The van der Waals surface area contributed by atoms with Crippen molar-refractivity contribution in [3.63, 3.8) is 0 Å². The van der Waals surface area contributed by atoms with Crippen molar-refractivity contribution in [2.24, 2.45) is 0 Å². The Morgan fingerprint density at radius 2 is 1.33 bits per heavy atom. The number of ether oxygens (including phenoxy) is 1. The topological polar surface area (TPSA) is 85.3 Å². The Morgan fingerprint density at radius 3 is 1.74 bits per heavy atom. The van der Waals surface area contributed by atoms with E-state index in [0.717, 1.165) is 28.1 Å². The maximum absolute atomic E-state index is 11.1. The lowest BCUT2D eigenvalue weighted by Gasteiger charge is -2.26. The van der Waals surface area contributed by atoms with Gasteiger partial charge in [-0.2, -0.15) is 0 Å². The van der Waals surface area contributed by atoms with E-state index in [9.17, 15) is 9.59 Å². The molecule has 0 aliphatic heterocycles. The molecule has 0 saturated carbocycles. The number of amides is 2. The van der Waals surface area contributed by atoms with Crippen LogP contribution >= 0.6 is 0 Å². The van der Waals surface area contributed by atoms with Crippen LogP contribution in [0.5, 0.6) is 5.75 Å². The fourth-order valence-corrected chi connectivity index (χ4v) is 3.82. The zero-order chi connectivity index (χ0) is 29.5. The van der Waals surface area contributed by atoms with Gasteiger partial charge in [-0.3, -0.25) is 4.90 Å². The number of carboxylic acid groups (broad SMARTS) is 1. The SMILES string of the molecule is C#CCN(CC#C)c1c(C)cc(N(C)C(=O)O)cc1C.C#CCN(CC#C)c1ccc(OC(=O)NC)cc1C. The molecule has 0 aliphatic rings. The van der Waals surface area contributed by atoms with E-state index < -0.39 is 12.2 Å². The molecule has 0 saturated heterocycles. The van der Waals surface area contributed by atoms with E-state index in [-0.39, 0.29) is 0 Å². The quantitative estimate of drug-likeness (QED) is 0.500. The minimum absolute atomic E-state index is 0.417. The minimum atomic E-state index is -0.999. The first-order valence-corrected chi connectivity index (χ1v) is 11.9. The van der Waals surface area contributed by atoms with Gasteiger partial charge in [-0.25, -0.2) is 9.59 Å². The average molecular weight is 527 g/mol. The van der Waals surface area contributed by atoms with Crippen molar-refractivity contribution >= 4 is 29.2 Å². The number of hydrogen-bond acceptors (Lipinski definition) is 5. The van der Waals surface area contributed by atoms with Crippen molar-refractivity contribution in [3.8, 4) is 55.1 Å². The maximum Gasteiger partial charge on any atom is 0.412 e. The van der Waals surface area contributed by atoms with Crippen molar-refractivity contribution in [1.29, 1.82) is 0 Å². The van der Waals surface area contributed by atoms with E-state index in [2.05, 4.69) is 29.0 Å². The smallest absolute Gasteiger partial charge is 0.412 e. The molecule has 0 radical (unpaired) electrons. The molecule has 2 amide bonds. The third-order valence-electron chi connectivity index (χ3n) is 5.52. The molecule has 8 nitrogen and oxygen atoms in total. The van der Waals surface area contributed by atoms with Crippen LogP contribution in [0.2, 0.25) is 0 Å². The molecule has 0 atom stereocenters. The summed E-state index contributed by atoms with van der Waals surface area (Å²) in [5.74, 6) is 10.8. The summed E-state index contributed by atoms with van der Waals surface area (Å²) in [7, 11) is 3.02. The van der Waals surface area contributed by atoms with Crippen LogP contribution in [0.4, 0.5) is 26.7 Å². The highest BCUT2D eigenvalue weighted by Gasteiger charge is 2.15. The Balaban J connectivity index is 0.000000391. The molecule has 39 heavy (non-hydrogen) atoms. The number of anilines is 3. The van der Waals surface area contributed by atoms with E-state index >= 15 is 0 Å². The number of nitrogens with one attached hydrogen (secondary N) is 1. The van der Waals surface area contributed by atoms with Gasteiger partial charge in [0.2, 0.25) is 0 Å². The monoisotopic (exact) mass is 526 g/mol. The Kier molecular flexibility index (Phi) is 12.9. The van der Waals surface area contributed by atoms with Gasteiger partial charge < -0.3 is 25.0 Å². The highest BCUT2D eigenvalue weighted by Crippen LogP contribution is 2.30. The predicted molar refractivity (Wildman–Crippen MR) is 158 cm³/mol. The molecular weight excluding hydrogens is 492 g/mol. The van der Waals surface area contributed by atoms with Crippen LogP contribution in [0.1, 0.15) is 16.7 Å². The van der Waals surface area contributed by atoms with Crippen molar-refractivity contribution < 1.29 is 19.4 Å². The lowest BCUT2D eigenvalue weighted by atomic mass is 10.1. The van der Waals surface area contributed by atoms with Gasteiger partial charge in [0.05, 0.1) is 26.2 Å². The number of benzene rings is 2. The van der Waals surface area contributed by atoms with E-state index in [4.69, 9.17) is 35.5 Å². The fourth-order valence-electron chi connectivity index (χ4n) is 3.82. The van der Waals surface area contributed by atoms with E-state index in [1.54, 1.807) is 12.1 Å². The summed E-state index contributed by atoms with van der Waals surface area (Å²) in [4.78, 5) is 27.1. The van der Waals surface area contributed by atoms with Gasteiger partial charge in [-0.05, 0) is 67.8 Å². The normalized spacial score (nSPS) is 9.26. The third kappa shape index (κ3) is 9.32. The van der Waals surface area contributed by atoms with Gasteiger partial charge >= 0.3 is 12.2 Å². The largest absolute Gasteiger partial charge is 0.465 e. The molecule has 8 heteroatoms. The first kappa shape index (κ1) is 31.8. The summed E-state index contributed by atoms with van der Waals surface area (Å²) in [6.07, 6.45) is 19.9. The molecule has 0 aromatic heterocycles. The first-order valence-electron chi connectivity index (χ1n) is 11.9. The van der Waals surface area contributed by atoms with E-state index in [1.165, 1.54) is 19.0 Å². The molecule has 0 heterocycles. The molecule has 2 rings (SSSR count). The molecule has 0 unspecified atom stereocenters. The fraction of sp³-hybridized carbons (Fsp3) is 0.290. The van der Waals surface area contributed by atoms with Gasteiger partial charge in [0.1, 0.15) is 5.75 Å². The van der Waals surface area contributed by atoms with Crippen LogP contribution in [0.3, 0.4) is 0 Å². The van der Waals surface area contributed by atoms with Gasteiger partial charge in [0.25, 0.3) is 0 Å². The molecule has 2 aromatic carbocycles. The van der Waals surface area contributed by atoms with Crippen LogP contribution in [-0.4, -0.2) is 57.6 Å². The van der Waals surface area contributed by atoms with Crippen molar-refractivity contribution in [2.45, 2.75) is 20.8 Å². The summed E-state index contributed by atoms with van der Waals surface area (Å²) in [6, 6.07) is 8.94. The van der Waals surface area contributed by atoms with E-state index in [1.807, 2.05) is 48.8 Å². The summed E-state index contributed by atoms with van der Waals surface area (Å²) in [6.45, 7) is 7.44. The number of rotatable bonds is 8. The Bertz CT molecular complexity index is 1280. The van der Waals surface area contributed by atoms with E-state index in [0.29, 0.717) is 37.6 Å². The summed E-state index contributed by atoms with van der Waals surface area (Å²) in [5, 5.41) is 11.4. The van der Waals surface area contributed by atoms with Crippen LogP contribution in [0.15, 0.2) is 30.3 Å². The maximum atomic E-state index is 11.1. The molecule has 0 fully saturated rings. The summed E-state index contributed by atoms with van der Waals surface area (Å²) in [5.41, 5.74) is 5.34. The van der Waals surface area contributed by atoms with Crippen molar-refractivity contribution in [2.75, 3.05) is 55.0 Å². The number of hydrogen-bond donors (Lipinski definition) is 2. The van der Waals surface area contributed by atoms with Crippen LogP contribution in [-0.2, 0) is 0 Å². The Hall–Kier alpha value is -5.18. The van der Waals surface area contributed by atoms with Gasteiger partial charge in [0.15, 0.2) is 0 Å². The van der Waals surface area contributed by atoms with Gasteiger partial charge in [0, 0.05) is 31.2 Å². The molecular formula is C31H34N4O4. The highest BCUT2D eigenvalue weighted by molar-refractivity contribution is 5.86. The third-order valence-corrected chi connectivity index (χ3v) is 5.52. The molecule has 0 bridgehead atoms. The number of nitrogens with zero attached hydrogens (tertiary/aromatic N) is 3. The number of aryl methyl sites for hydroxylation is 3. The van der Waals surface area contributed by atoms with Crippen LogP contribution < -0.4 is 24.8 Å². The lowest BCUT2D eigenvalue weighted by Crippen LogP contribution is -2.27. The number of carbonyl (C=O) groups is 2. The summed E-state index contributed by atoms with van der Waals surface area (Å²) >= 11 is 0. The standard InChI is InChI=1S/C16H18N2O2.C15H16N2O2/c1-6-8-18(9-7-2)15-12(3)10-14(11-13(15)4)17(5)16(19)20;1-5-9-17(10-6-2)14-8-7-13(11-12(14)3)19-15(18)16-4/h1-2,10-11H,8-9H2,3-5H3,(H,19,20);1-2,7-8,11H,9-10H2,3-4H3,(H,16,18). The summed E-state index contributed by atoms with van der Waals surface area (Å²) < 4.78 is 5.05. The molecule has 0 spiro atoms. The zero-order valence-corrected chi connectivity index (χ0v) is 23.0. The second kappa shape index (κ2) is 15.8. The average Bonchev–Trinajstić information content (AvgIpc) is 2.88. The molecule has 0 aliphatic carbocycles. The second-order valence-corrected chi connectivity index (χ2v) is 8.39. The Labute approximate surface area is 231 Å². The minimum Gasteiger partial charge on any atom is -0.465 e. The van der Waals surface area contributed by atoms with Gasteiger partial charge in [-0.15, -0.1) is 25.7 Å². The predicted octanol–water partition coefficient (Wildman–Crippen LogP) is 4.28. The van der Waals surface area contributed by atoms with Gasteiger partial charge in [-0.1, -0.05) is 23.7 Å². The first-order chi connectivity index (χ1) is 18.5. The Morgan fingerprint density at radius 1 is 0.846 bits per heavy atom. The molecule has 2 N–H and O–H groups in total. The lowest BCUT2D eigenvalue weighted by molar-refractivity contribution is 0.202. The second-order valence-electron chi connectivity index (χ2n) is 8.39. The highest BCUT2D eigenvalue weighted by atomic mass is 16.5. The number of carbonyl (C=O) groups excluding carboxylic acids is 1. The molecule has 202 valence electrons. The number of terminal acetylenes is 4. The van der Waals surface area contributed by atoms with Crippen molar-refractivity contribution in [1.82, 2.24) is 5.32 Å². The molecule has 2 aromatic rings. The van der Waals surface area contributed by atoms with Crippen molar-refractivity contribution in [3.05, 3.63) is 47.0 Å². The van der Waals surface area contributed by atoms with Crippen LogP contribution in [0, 0.1) is 70.1 Å².